The van der Waals surface area contributed by atoms with Gasteiger partial charge in [0.25, 0.3) is 5.91 Å². The highest BCUT2D eigenvalue weighted by molar-refractivity contribution is 6.30. The molecule has 4 N–H and O–H groups in total. The summed E-state index contributed by atoms with van der Waals surface area (Å²) >= 11 is 5.84. The third-order valence-corrected chi connectivity index (χ3v) is 4.27. The smallest absolute Gasteiger partial charge is 0.263 e. The highest BCUT2D eigenvalue weighted by Crippen LogP contribution is 2.34. The van der Waals surface area contributed by atoms with E-state index in [1.54, 1.807) is 54.0 Å². The lowest BCUT2D eigenvalue weighted by Gasteiger charge is -2.30. The van der Waals surface area contributed by atoms with Crippen molar-refractivity contribution in [2.45, 2.75) is 25.7 Å². The summed E-state index contributed by atoms with van der Waals surface area (Å²) < 4.78 is 5.70. The number of primary amides is 1. The summed E-state index contributed by atoms with van der Waals surface area (Å²) in [5, 5.41) is 9.72. The van der Waals surface area contributed by atoms with Crippen molar-refractivity contribution in [3.8, 4) is 11.5 Å². The molecule has 0 spiro atoms. The molecule has 2 aromatic carbocycles. The van der Waals surface area contributed by atoms with Gasteiger partial charge in [-0.15, -0.1) is 0 Å². The summed E-state index contributed by atoms with van der Waals surface area (Å²) in [7, 11) is 0. The molecule has 0 aliphatic heterocycles. The summed E-state index contributed by atoms with van der Waals surface area (Å²) in [6, 6.07) is 13.3. The van der Waals surface area contributed by atoms with Gasteiger partial charge in [-0.3, -0.25) is 14.8 Å². The quantitative estimate of drug-likeness (QED) is 0.391. The Hall–Kier alpha value is -2.57. The number of amides is 2. The number of nitrogens with two attached hydrogens (primary N) is 1. The van der Waals surface area contributed by atoms with E-state index in [4.69, 9.17) is 27.3 Å². The maximum Gasteiger partial charge on any atom is 0.263 e. The number of carbonyl (C=O) groups is 2. The fourth-order valence-corrected chi connectivity index (χ4v) is 2.98. The molecule has 0 aliphatic rings. The molecule has 7 heteroatoms. The third kappa shape index (κ3) is 4.15. The van der Waals surface area contributed by atoms with E-state index < -0.39 is 17.2 Å². The number of halogens is 1. The van der Waals surface area contributed by atoms with Crippen LogP contribution in [-0.4, -0.2) is 17.0 Å². The Morgan fingerprint density at radius 2 is 1.62 bits per heavy atom. The number of hydroxylamine groups is 1. The zero-order chi connectivity index (χ0) is 19.3. The molecule has 1 unspecified atom stereocenters. The van der Waals surface area contributed by atoms with Gasteiger partial charge in [-0.1, -0.05) is 37.6 Å². The SMILES string of the molecule is CC(C)CC(C(N)=O)(C(=O)NO)c1ccc(Oc2ccc(Cl)cc2)cc1. The lowest BCUT2D eigenvalue weighted by atomic mass is 9.73. The first-order valence-electron chi connectivity index (χ1n) is 8.08. The van der Waals surface area contributed by atoms with Crippen LogP contribution in [0.5, 0.6) is 11.5 Å². The second-order valence-corrected chi connectivity index (χ2v) is 6.83. The summed E-state index contributed by atoms with van der Waals surface area (Å²) in [4.78, 5) is 24.5. The van der Waals surface area contributed by atoms with Gasteiger partial charge >= 0.3 is 0 Å². The van der Waals surface area contributed by atoms with Crippen LogP contribution < -0.4 is 16.0 Å². The molecule has 0 aliphatic carbocycles. The molecule has 2 rings (SSSR count). The first kappa shape index (κ1) is 19.8. The van der Waals surface area contributed by atoms with E-state index in [0.717, 1.165) is 0 Å². The zero-order valence-electron chi connectivity index (χ0n) is 14.5. The Morgan fingerprint density at radius 1 is 1.12 bits per heavy atom. The fourth-order valence-electron chi connectivity index (χ4n) is 2.85. The molecule has 0 bridgehead atoms. The standard InChI is InChI=1S/C19H21ClN2O4/c1-12(2)11-19(17(21)23,18(24)22-25)13-3-7-15(8-4-13)26-16-9-5-14(20)6-10-16/h3-10,12,25H,11H2,1-2H3,(H2,21,23)(H,22,24). The monoisotopic (exact) mass is 376 g/mol. The number of benzene rings is 2. The summed E-state index contributed by atoms with van der Waals surface area (Å²) in [6.45, 7) is 3.72. The van der Waals surface area contributed by atoms with Crippen molar-refractivity contribution in [1.82, 2.24) is 5.48 Å². The Kier molecular flexibility index (Phi) is 6.23. The minimum Gasteiger partial charge on any atom is -0.457 e. The van der Waals surface area contributed by atoms with Gasteiger partial charge in [-0.25, -0.2) is 5.48 Å². The molecule has 1 atom stereocenters. The van der Waals surface area contributed by atoms with Crippen molar-refractivity contribution >= 4 is 23.4 Å². The van der Waals surface area contributed by atoms with Gasteiger partial charge in [0.05, 0.1) is 0 Å². The lowest BCUT2D eigenvalue weighted by Crippen LogP contribution is -2.53. The Balaban J connectivity index is 2.36. The summed E-state index contributed by atoms with van der Waals surface area (Å²) in [6.07, 6.45) is 0.159. The van der Waals surface area contributed by atoms with E-state index in [0.29, 0.717) is 22.1 Å². The van der Waals surface area contributed by atoms with Crippen LogP contribution in [0, 0.1) is 5.92 Å². The highest BCUT2D eigenvalue weighted by Gasteiger charge is 2.46. The molecule has 6 nitrogen and oxygen atoms in total. The van der Waals surface area contributed by atoms with E-state index in [2.05, 4.69) is 0 Å². The molecule has 0 saturated heterocycles. The minimum absolute atomic E-state index is 0.00945. The molecular weight excluding hydrogens is 356 g/mol. The summed E-state index contributed by atoms with van der Waals surface area (Å²) in [5.41, 5.74) is 5.84. The van der Waals surface area contributed by atoms with E-state index in [1.165, 1.54) is 0 Å². The number of rotatable bonds is 7. The van der Waals surface area contributed by atoms with Gasteiger partial charge in [0.1, 0.15) is 11.5 Å². The van der Waals surface area contributed by atoms with Crippen molar-refractivity contribution in [3.63, 3.8) is 0 Å². The normalized spacial score (nSPS) is 13.1. The second-order valence-electron chi connectivity index (χ2n) is 6.39. The predicted molar refractivity (Wildman–Crippen MR) is 98.2 cm³/mol. The molecule has 138 valence electrons. The topological polar surface area (TPSA) is 102 Å². The van der Waals surface area contributed by atoms with Crippen molar-refractivity contribution in [2.75, 3.05) is 0 Å². The molecule has 2 amide bonds. The van der Waals surface area contributed by atoms with Crippen molar-refractivity contribution in [1.29, 1.82) is 0 Å². The molecule has 2 aromatic rings. The van der Waals surface area contributed by atoms with Gasteiger partial charge in [0.15, 0.2) is 5.41 Å². The van der Waals surface area contributed by atoms with Gasteiger partial charge in [0.2, 0.25) is 5.91 Å². The van der Waals surface area contributed by atoms with Gasteiger partial charge in [0, 0.05) is 5.02 Å². The number of ether oxygens (including phenoxy) is 1. The van der Waals surface area contributed by atoms with Gasteiger partial charge < -0.3 is 10.5 Å². The van der Waals surface area contributed by atoms with Crippen LogP contribution in [0.15, 0.2) is 48.5 Å². The first-order chi connectivity index (χ1) is 12.3. The molecular formula is C19H21ClN2O4. The molecule has 0 saturated carbocycles. The first-order valence-corrected chi connectivity index (χ1v) is 8.45. The van der Waals surface area contributed by atoms with Crippen LogP contribution in [0.1, 0.15) is 25.8 Å². The van der Waals surface area contributed by atoms with Crippen LogP contribution in [0.3, 0.4) is 0 Å². The molecule has 26 heavy (non-hydrogen) atoms. The van der Waals surface area contributed by atoms with Crippen LogP contribution in [0.2, 0.25) is 5.02 Å². The maximum atomic E-state index is 12.3. The molecule has 0 heterocycles. The average Bonchev–Trinajstić information content (AvgIpc) is 2.61. The predicted octanol–water partition coefficient (Wildman–Crippen LogP) is 3.41. The van der Waals surface area contributed by atoms with Crippen molar-refractivity contribution in [3.05, 3.63) is 59.1 Å². The number of hydrogen-bond acceptors (Lipinski definition) is 4. The number of hydrogen-bond donors (Lipinski definition) is 3. The van der Waals surface area contributed by atoms with Gasteiger partial charge in [-0.05, 0) is 54.3 Å². The fraction of sp³-hybridized carbons (Fsp3) is 0.263. The largest absolute Gasteiger partial charge is 0.457 e. The Morgan fingerprint density at radius 3 is 2.04 bits per heavy atom. The van der Waals surface area contributed by atoms with E-state index in [1.807, 2.05) is 13.8 Å². The van der Waals surface area contributed by atoms with Crippen molar-refractivity contribution < 1.29 is 19.5 Å². The maximum absolute atomic E-state index is 12.3. The van der Waals surface area contributed by atoms with E-state index in [9.17, 15) is 9.59 Å². The lowest BCUT2D eigenvalue weighted by molar-refractivity contribution is -0.142. The second kappa shape index (κ2) is 8.21. The molecule has 0 fully saturated rings. The highest BCUT2D eigenvalue weighted by atomic mass is 35.5. The minimum atomic E-state index is -1.66. The summed E-state index contributed by atoms with van der Waals surface area (Å²) in [5.74, 6) is -0.582. The Labute approximate surface area is 156 Å². The molecule has 0 aromatic heterocycles. The Bertz CT molecular complexity index is 775. The van der Waals surface area contributed by atoms with Crippen LogP contribution >= 0.6 is 11.6 Å². The third-order valence-electron chi connectivity index (χ3n) is 4.02. The zero-order valence-corrected chi connectivity index (χ0v) is 15.3. The van der Waals surface area contributed by atoms with Gasteiger partial charge in [-0.2, -0.15) is 0 Å². The average molecular weight is 377 g/mol. The van der Waals surface area contributed by atoms with Crippen LogP contribution in [0.4, 0.5) is 0 Å². The van der Waals surface area contributed by atoms with E-state index in [-0.39, 0.29) is 12.3 Å². The van der Waals surface area contributed by atoms with Crippen LogP contribution in [-0.2, 0) is 15.0 Å². The molecule has 0 radical (unpaired) electrons. The van der Waals surface area contributed by atoms with Crippen molar-refractivity contribution in [2.24, 2.45) is 11.7 Å². The van der Waals surface area contributed by atoms with E-state index >= 15 is 0 Å². The number of carbonyl (C=O) groups excluding carboxylic acids is 2. The van der Waals surface area contributed by atoms with Crippen LogP contribution in [0.25, 0.3) is 0 Å². The number of nitrogens with one attached hydrogen (secondary N) is 1.